The molecule has 2 atom stereocenters. The molecule has 0 aromatic heterocycles. The molecule has 2 rings (SSSR count). The van der Waals surface area contributed by atoms with E-state index in [1.165, 1.54) is 0 Å². The highest BCUT2D eigenvalue weighted by Crippen LogP contribution is 2.29. The Morgan fingerprint density at radius 3 is 2.34 bits per heavy atom. The third kappa shape index (κ3) is 5.64. The number of rotatable bonds is 8. The first kappa shape index (κ1) is 23.0. The number of aryl methyl sites for hydroxylation is 1. The third-order valence-electron chi connectivity index (χ3n) is 4.71. The van der Waals surface area contributed by atoms with Gasteiger partial charge in [-0.3, -0.25) is 9.10 Å². The van der Waals surface area contributed by atoms with Crippen LogP contribution in [0.3, 0.4) is 0 Å². The first-order valence-corrected chi connectivity index (χ1v) is 11.5. The van der Waals surface area contributed by atoms with Crippen molar-refractivity contribution in [2.75, 3.05) is 17.7 Å². The molecule has 0 fully saturated rings. The number of amides is 1. The lowest BCUT2D eigenvalue weighted by atomic mass is 10.1. The van der Waals surface area contributed by atoms with Crippen molar-refractivity contribution in [3.63, 3.8) is 0 Å². The van der Waals surface area contributed by atoms with Crippen LogP contribution in [-0.2, 0) is 14.8 Å². The summed E-state index contributed by atoms with van der Waals surface area (Å²) in [5.41, 5.74) is 2.01. The molecule has 29 heavy (non-hydrogen) atoms. The van der Waals surface area contributed by atoms with E-state index < -0.39 is 16.1 Å². The van der Waals surface area contributed by atoms with Crippen LogP contribution in [-0.4, -0.2) is 33.7 Å². The molecule has 0 heterocycles. The van der Waals surface area contributed by atoms with Gasteiger partial charge < -0.3 is 10.1 Å². The molecule has 158 valence electrons. The maximum atomic E-state index is 13.1. The summed E-state index contributed by atoms with van der Waals surface area (Å²) in [6.45, 7) is 5.41. The van der Waals surface area contributed by atoms with Crippen molar-refractivity contribution in [1.29, 1.82) is 0 Å². The van der Waals surface area contributed by atoms with Gasteiger partial charge in [0.05, 0.1) is 25.1 Å². The van der Waals surface area contributed by atoms with Gasteiger partial charge in [-0.05, 0) is 55.7 Å². The first-order valence-electron chi connectivity index (χ1n) is 9.28. The second kappa shape index (κ2) is 9.50. The number of benzene rings is 2. The van der Waals surface area contributed by atoms with Crippen molar-refractivity contribution in [2.45, 2.75) is 39.3 Å². The Labute approximate surface area is 177 Å². The number of hydrogen-bond donors (Lipinski definition) is 1. The molecule has 0 aliphatic rings. The molecule has 1 amide bonds. The number of nitrogens with zero attached hydrogens (tertiary/aromatic N) is 1. The highest BCUT2D eigenvalue weighted by atomic mass is 35.5. The average molecular weight is 439 g/mol. The maximum Gasteiger partial charge on any atom is 0.244 e. The minimum absolute atomic E-state index is 0.302. The second-order valence-corrected chi connectivity index (χ2v) is 9.21. The van der Waals surface area contributed by atoms with E-state index in [9.17, 15) is 13.2 Å². The maximum absolute atomic E-state index is 13.1. The van der Waals surface area contributed by atoms with Crippen LogP contribution in [0.1, 0.15) is 37.4 Å². The lowest BCUT2D eigenvalue weighted by molar-refractivity contribution is -0.122. The van der Waals surface area contributed by atoms with E-state index in [4.69, 9.17) is 16.3 Å². The molecule has 1 N–H and O–H groups in total. The topological polar surface area (TPSA) is 75.7 Å². The van der Waals surface area contributed by atoms with E-state index in [0.717, 1.165) is 21.9 Å². The summed E-state index contributed by atoms with van der Waals surface area (Å²) in [7, 11) is -2.14. The Bertz CT molecular complexity index is 961. The molecular formula is C21H27ClN2O4S. The quantitative estimate of drug-likeness (QED) is 0.673. The molecule has 2 aromatic rings. The zero-order valence-electron chi connectivity index (χ0n) is 17.3. The Morgan fingerprint density at radius 1 is 1.21 bits per heavy atom. The van der Waals surface area contributed by atoms with E-state index >= 15 is 0 Å². The monoisotopic (exact) mass is 438 g/mol. The smallest absolute Gasteiger partial charge is 0.244 e. The van der Waals surface area contributed by atoms with Crippen LogP contribution in [0.2, 0.25) is 5.02 Å². The van der Waals surface area contributed by atoms with Gasteiger partial charge in [-0.25, -0.2) is 8.42 Å². The van der Waals surface area contributed by atoms with Crippen LogP contribution in [0.25, 0.3) is 0 Å². The fourth-order valence-corrected chi connectivity index (χ4v) is 4.57. The average Bonchev–Trinajstić information content (AvgIpc) is 2.67. The van der Waals surface area contributed by atoms with Crippen LogP contribution in [0.15, 0.2) is 42.5 Å². The number of methoxy groups -OCH3 is 1. The van der Waals surface area contributed by atoms with E-state index in [1.807, 2.05) is 31.2 Å². The second-order valence-electron chi connectivity index (χ2n) is 6.92. The van der Waals surface area contributed by atoms with Crippen LogP contribution >= 0.6 is 11.6 Å². The number of nitrogens with one attached hydrogen (secondary N) is 1. The molecule has 0 radical (unpaired) electrons. The zero-order valence-corrected chi connectivity index (χ0v) is 18.8. The van der Waals surface area contributed by atoms with Gasteiger partial charge in [0.2, 0.25) is 15.9 Å². The minimum Gasteiger partial charge on any atom is -0.497 e. The molecule has 0 unspecified atom stereocenters. The van der Waals surface area contributed by atoms with Crippen LogP contribution in [0, 0.1) is 6.92 Å². The standard InChI is InChI=1S/C21H27ClN2O4S/c1-6-19(21(25)23-15(3)16-8-11-18(28-4)12-9-16)24(29(5,26)27)20-13-17(22)10-7-14(20)2/h7-13,15,19H,6H2,1-5H3,(H,23,25)/t15-,19+/m0/s1. The Kier molecular flexibility index (Phi) is 7.54. The molecule has 0 spiro atoms. The predicted octanol–water partition coefficient (Wildman–Crippen LogP) is 4.08. The number of carbonyl (C=O) groups excluding carboxylic acids is 1. The largest absolute Gasteiger partial charge is 0.497 e. The molecule has 8 heteroatoms. The molecule has 0 bridgehead atoms. The lowest BCUT2D eigenvalue weighted by Gasteiger charge is -2.32. The summed E-state index contributed by atoms with van der Waals surface area (Å²) >= 11 is 6.10. The Hall–Kier alpha value is -2.25. The van der Waals surface area contributed by atoms with Gasteiger partial charge in [0.1, 0.15) is 11.8 Å². The number of ether oxygens (including phenoxy) is 1. The van der Waals surface area contributed by atoms with Gasteiger partial charge in [0.15, 0.2) is 0 Å². The zero-order chi connectivity index (χ0) is 21.8. The number of sulfonamides is 1. The minimum atomic E-state index is -3.73. The molecule has 0 aliphatic heterocycles. The third-order valence-corrected chi connectivity index (χ3v) is 6.11. The van der Waals surface area contributed by atoms with E-state index in [-0.39, 0.29) is 11.9 Å². The van der Waals surface area contributed by atoms with Gasteiger partial charge in [-0.1, -0.05) is 36.7 Å². The summed E-state index contributed by atoms with van der Waals surface area (Å²) < 4.78 is 31.5. The number of anilines is 1. The lowest BCUT2D eigenvalue weighted by Crippen LogP contribution is -2.50. The number of carbonyl (C=O) groups is 1. The summed E-state index contributed by atoms with van der Waals surface area (Å²) in [4.78, 5) is 13.1. The first-order chi connectivity index (χ1) is 13.6. The summed E-state index contributed by atoms with van der Waals surface area (Å²) in [5, 5.41) is 3.33. The van der Waals surface area contributed by atoms with Gasteiger partial charge in [0.25, 0.3) is 0 Å². The fraction of sp³-hybridized carbons (Fsp3) is 0.381. The molecule has 0 aliphatic carbocycles. The van der Waals surface area contributed by atoms with Crippen molar-refractivity contribution in [3.05, 3.63) is 58.6 Å². The van der Waals surface area contributed by atoms with E-state index in [0.29, 0.717) is 22.7 Å². The van der Waals surface area contributed by atoms with Crippen molar-refractivity contribution in [1.82, 2.24) is 5.32 Å². The normalized spacial score (nSPS) is 13.4. The molecule has 0 saturated heterocycles. The van der Waals surface area contributed by atoms with Crippen molar-refractivity contribution in [3.8, 4) is 5.75 Å². The van der Waals surface area contributed by atoms with Crippen molar-refractivity contribution in [2.24, 2.45) is 0 Å². The Balaban J connectivity index is 2.34. The number of hydrogen-bond acceptors (Lipinski definition) is 4. The van der Waals surface area contributed by atoms with Crippen LogP contribution in [0.5, 0.6) is 5.75 Å². The highest BCUT2D eigenvalue weighted by molar-refractivity contribution is 7.92. The van der Waals surface area contributed by atoms with Crippen molar-refractivity contribution >= 4 is 33.2 Å². The molecule has 0 saturated carbocycles. The van der Waals surface area contributed by atoms with E-state index in [2.05, 4.69) is 5.32 Å². The highest BCUT2D eigenvalue weighted by Gasteiger charge is 2.33. The van der Waals surface area contributed by atoms with E-state index in [1.54, 1.807) is 39.2 Å². The van der Waals surface area contributed by atoms with Gasteiger partial charge in [-0.15, -0.1) is 0 Å². The Morgan fingerprint density at radius 2 is 1.83 bits per heavy atom. The SMILES string of the molecule is CC[C@H](C(=O)N[C@@H](C)c1ccc(OC)cc1)N(c1cc(Cl)ccc1C)S(C)(=O)=O. The van der Waals surface area contributed by atoms with Crippen LogP contribution in [0.4, 0.5) is 5.69 Å². The van der Waals surface area contributed by atoms with Gasteiger partial charge in [0, 0.05) is 5.02 Å². The predicted molar refractivity (Wildman–Crippen MR) is 117 cm³/mol. The molecule has 6 nitrogen and oxygen atoms in total. The summed E-state index contributed by atoms with van der Waals surface area (Å²) in [5.74, 6) is 0.346. The summed E-state index contributed by atoms with van der Waals surface area (Å²) in [6.07, 6.45) is 1.40. The summed E-state index contributed by atoms with van der Waals surface area (Å²) in [6, 6.07) is 11.1. The van der Waals surface area contributed by atoms with Crippen LogP contribution < -0.4 is 14.4 Å². The van der Waals surface area contributed by atoms with Crippen molar-refractivity contribution < 1.29 is 17.9 Å². The molecular weight excluding hydrogens is 412 g/mol. The van der Waals surface area contributed by atoms with Gasteiger partial charge >= 0.3 is 0 Å². The molecule has 2 aromatic carbocycles. The fourth-order valence-electron chi connectivity index (χ4n) is 3.14. The number of halogens is 1. The van der Waals surface area contributed by atoms with Gasteiger partial charge in [-0.2, -0.15) is 0 Å².